The fourth-order valence-electron chi connectivity index (χ4n) is 3.98. The minimum absolute atomic E-state index is 0.0343. The highest BCUT2D eigenvalue weighted by molar-refractivity contribution is 9.10. The first-order valence-corrected chi connectivity index (χ1v) is 12.1. The molecule has 4 rings (SSSR count). The van der Waals surface area contributed by atoms with Crippen LogP contribution in [0.3, 0.4) is 0 Å². The Hall–Kier alpha value is -3.12. The number of nitrogens with one attached hydrogen (secondary N) is 1. The monoisotopic (exact) mass is 506 g/mol. The van der Waals surface area contributed by atoms with Gasteiger partial charge >= 0.3 is 0 Å². The Morgan fingerprint density at radius 2 is 1.55 bits per heavy atom. The molecule has 1 aliphatic rings. The Kier molecular flexibility index (Phi) is 7.79. The third-order valence-electron chi connectivity index (χ3n) is 5.72. The predicted octanol–water partition coefficient (Wildman–Crippen LogP) is 6.15. The Balaban J connectivity index is 1.39. The van der Waals surface area contributed by atoms with Crippen LogP contribution >= 0.6 is 15.9 Å². The number of amides is 2. The number of anilines is 1. The molecule has 6 heteroatoms. The van der Waals surface area contributed by atoms with Crippen molar-refractivity contribution >= 4 is 33.4 Å². The van der Waals surface area contributed by atoms with Gasteiger partial charge in [-0.1, -0.05) is 61.4 Å². The number of para-hydroxylation sites is 1. The number of likely N-dealkylation sites (tertiary alicyclic amines) is 1. The summed E-state index contributed by atoms with van der Waals surface area (Å²) in [5.74, 6) is 0.233. The number of halogens is 1. The van der Waals surface area contributed by atoms with Crippen molar-refractivity contribution in [1.82, 2.24) is 4.90 Å². The van der Waals surface area contributed by atoms with Gasteiger partial charge in [-0.3, -0.25) is 9.59 Å². The maximum Gasteiger partial charge on any atom is 0.262 e. The van der Waals surface area contributed by atoms with E-state index in [0.717, 1.165) is 54.4 Å². The van der Waals surface area contributed by atoms with Crippen LogP contribution in [-0.2, 0) is 4.79 Å². The lowest BCUT2D eigenvalue weighted by Crippen LogP contribution is -2.33. The van der Waals surface area contributed by atoms with Crippen LogP contribution in [0, 0.1) is 0 Å². The van der Waals surface area contributed by atoms with Crippen LogP contribution in [0.4, 0.5) is 5.69 Å². The second-order valence-corrected chi connectivity index (χ2v) is 8.95. The zero-order valence-electron chi connectivity index (χ0n) is 18.4. The summed E-state index contributed by atoms with van der Waals surface area (Å²) >= 11 is 3.54. The normalized spacial score (nSPS) is 13.8. The van der Waals surface area contributed by atoms with E-state index in [1.807, 2.05) is 65.6 Å². The maximum atomic E-state index is 13.1. The lowest BCUT2D eigenvalue weighted by atomic mass is 10.1. The third kappa shape index (κ3) is 6.02. The van der Waals surface area contributed by atoms with Gasteiger partial charge in [-0.25, -0.2) is 0 Å². The Morgan fingerprint density at radius 1 is 0.848 bits per heavy atom. The molecule has 0 saturated carbocycles. The molecule has 0 atom stereocenters. The van der Waals surface area contributed by atoms with Crippen molar-refractivity contribution in [3.05, 3.63) is 82.8 Å². The summed E-state index contributed by atoms with van der Waals surface area (Å²) in [7, 11) is 0. The first kappa shape index (κ1) is 23.1. The van der Waals surface area contributed by atoms with Crippen LogP contribution in [0.2, 0.25) is 0 Å². The minimum atomic E-state index is -0.315. The highest BCUT2D eigenvalue weighted by Crippen LogP contribution is 2.30. The molecule has 1 heterocycles. The number of carbonyl (C=O) groups is 2. The molecular formula is C27H27BrN2O3. The van der Waals surface area contributed by atoms with Crippen molar-refractivity contribution in [2.75, 3.05) is 25.0 Å². The van der Waals surface area contributed by atoms with Crippen LogP contribution in [-0.4, -0.2) is 36.4 Å². The molecule has 5 nitrogen and oxygen atoms in total. The fraction of sp³-hybridized carbons (Fsp3) is 0.259. The van der Waals surface area contributed by atoms with Gasteiger partial charge < -0.3 is 15.0 Å². The van der Waals surface area contributed by atoms with E-state index in [1.165, 1.54) is 0 Å². The van der Waals surface area contributed by atoms with Crippen molar-refractivity contribution in [1.29, 1.82) is 0 Å². The lowest BCUT2D eigenvalue weighted by Gasteiger charge is -2.22. The first-order chi connectivity index (χ1) is 16.1. The van der Waals surface area contributed by atoms with Crippen LogP contribution in [0.1, 0.15) is 36.0 Å². The molecule has 1 aliphatic heterocycles. The fourth-order valence-corrected chi connectivity index (χ4v) is 4.47. The minimum Gasteiger partial charge on any atom is -0.483 e. The van der Waals surface area contributed by atoms with E-state index in [2.05, 4.69) is 21.2 Å². The van der Waals surface area contributed by atoms with Crippen LogP contribution in [0.5, 0.6) is 5.75 Å². The van der Waals surface area contributed by atoms with Gasteiger partial charge in [0.15, 0.2) is 6.61 Å². The van der Waals surface area contributed by atoms with Crippen molar-refractivity contribution in [3.8, 4) is 16.9 Å². The summed E-state index contributed by atoms with van der Waals surface area (Å²) in [6, 6.07) is 23.0. The summed E-state index contributed by atoms with van der Waals surface area (Å²) in [5.41, 5.74) is 3.19. The summed E-state index contributed by atoms with van der Waals surface area (Å²) in [6.45, 7) is 1.37. The van der Waals surface area contributed by atoms with Crippen molar-refractivity contribution in [2.45, 2.75) is 25.7 Å². The van der Waals surface area contributed by atoms with E-state index in [1.54, 1.807) is 12.1 Å². The van der Waals surface area contributed by atoms with Gasteiger partial charge in [0.2, 0.25) is 0 Å². The quantitative estimate of drug-likeness (QED) is 0.436. The zero-order valence-corrected chi connectivity index (χ0v) is 20.0. The van der Waals surface area contributed by atoms with Gasteiger partial charge in [-0.15, -0.1) is 0 Å². The van der Waals surface area contributed by atoms with E-state index in [-0.39, 0.29) is 18.4 Å². The number of carbonyl (C=O) groups excluding carboxylic acids is 2. The Bertz CT molecular complexity index is 1110. The number of hydrogen-bond donors (Lipinski definition) is 1. The van der Waals surface area contributed by atoms with Gasteiger partial charge in [0.1, 0.15) is 5.75 Å². The summed E-state index contributed by atoms with van der Waals surface area (Å²) in [5, 5.41) is 2.85. The molecule has 1 fully saturated rings. The second kappa shape index (κ2) is 11.1. The van der Waals surface area contributed by atoms with Crippen molar-refractivity contribution in [3.63, 3.8) is 0 Å². The topological polar surface area (TPSA) is 58.6 Å². The van der Waals surface area contributed by atoms with Crippen molar-refractivity contribution in [2.24, 2.45) is 0 Å². The third-order valence-corrected chi connectivity index (χ3v) is 6.34. The molecule has 0 aromatic heterocycles. The molecule has 1 N–H and O–H groups in total. The number of ether oxygens (including phenoxy) is 1. The molecule has 3 aromatic rings. The van der Waals surface area contributed by atoms with E-state index in [4.69, 9.17) is 4.74 Å². The average Bonchev–Trinajstić information content (AvgIpc) is 3.13. The van der Waals surface area contributed by atoms with Gasteiger partial charge in [0, 0.05) is 13.1 Å². The summed E-state index contributed by atoms with van der Waals surface area (Å²) < 4.78 is 6.51. The van der Waals surface area contributed by atoms with Gasteiger partial charge in [0.25, 0.3) is 11.8 Å². The highest BCUT2D eigenvalue weighted by Gasteiger charge is 2.20. The number of hydrogen-bond acceptors (Lipinski definition) is 3. The van der Waals surface area contributed by atoms with Crippen LogP contribution < -0.4 is 10.1 Å². The van der Waals surface area contributed by atoms with E-state index in [9.17, 15) is 9.59 Å². The van der Waals surface area contributed by atoms with Gasteiger partial charge in [0.05, 0.1) is 15.7 Å². The molecule has 33 heavy (non-hydrogen) atoms. The lowest BCUT2D eigenvalue weighted by molar-refractivity contribution is -0.118. The number of benzene rings is 3. The van der Waals surface area contributed by atoms with E-state index >= 15 is 0 Å². The molecule has 1 saturated heterocycles. The molecule has 0 spiro atoms. The van der Waals surface area contributed by atoms with Crippen molar-refractivity contribution < 1.29 is 14.3 Å². The second-order valence-electron chi connectivity index (χ2n) is 8.10. The SMILES string of the molecule is O=C(COc1ccc(-c2ccccc2)cc1Br)Nc1ccccc1C(=O)N1CCCCCC1. The Labute approximate surface area is 202 Å². The van der Waals surface area contributed by atoms with E-state index < -0.39 is 0 Å². The summed E-state index contributed by atoms with van der Waals surface area (Å²) in [4.78, 5) is 27.6. The van der Waals surface area contributed by atoms with Gasteiger partial charge in [-0.2, -0.15) is 0 Å². The maximum absolute atomic E-state index is 13.1. The zero-order chi connectivity index (χ0) is 23.0. The molecule has 0 aliphatic carbocycles. The molecular weight excluding hydrogens is 480 g/mol. The van der Waals surface area contributed by atoms with Crippen LogP contribution in [0.25, 0.3) is 11.1 Å². The number of rotatable bonds is 6. The van der Waals surface area contributed by atoms with Gasteiger partial charge in [-0.05, 0) is 64.2 Å². The molecule has 0 radical (unpaired) electrons. The largest absolute Gasteiger partial charge is 0.483 e. The molecule has 0 unspecified atom stereocenters. The molecule has 170 valence electrons. The standard InChI is InChI=1S/C27H27BrN2O3/c28-23-18-21(20-10-4-3-5-11-20)14-15-25(23)33-19-26(31)29-24-13-7-6-12-22(24)27(32)30-16-8-1-2-9-17-30/h3-7,10-15,18H,1-2,8-9,16-17,19H2,(H,29,31). The average molecular weight is 507 g/mol. The molecule has 2 amide bonds. The highest BCUT2D eigenvalue weighted by atomic mass is 79.9. The molecule has 0 bridgehead atoms. The van der Waals surface area contributed by atoms with Crippen LogP contribution in [0.15, 0.2) is 77.3 Å². The smallest absolute Gasteiger partial charge is 0.262 e. The number of nitrogens with zero attached hydrogens (tertiary/aromatic N) is 1. The Morgan fingerprint density at radius 3 is 2.27 bits per heavy atom. The summed E-state index contributed by atoms with van der Waals surface area (Å²) in [6.07, 6.45) is 4.35. The predicted molar refractivity (Wildman–Crippen MR) is 135 cm³/mol. The first-order valence-electron chi connectivity index (χ1n) is 11.3. The van der Waals surface area contributed by atoms with E-state index in [0.29, 0.717) is 17.0 Å². The molecule has 3 aromatic carbocycles.